The first-order valence-electron chi connectivity index (χ1n) is 8.36. The second kappa shape index (κ2) is 6.28. The Balaban J connectivity index is 1.59. The zero-order chi connectivity index (χ0) is 15.6. The highest BCUT2D eigenvalue weighted by Crippen LogP contribution is 2.36. The molecule has 1 aliphatic carbocycles. The molecule has 0 N–H and O–H groups in total. The van der Waals surface area contributed by atoms with Gasteiger partial charge in [-0.05, 0) is 38.0 Å². The molecule has 1 aliphatic heterocycles. The van der Waals surface area contributed by atoms with Crippen LogP contribution in [0, 0.1) is 5.92 Å². The highest BCUT2D eigenvalue weighted by atomic mass is 32.1. The van der Waals surface area contributed by atoms with Crippen molar-refractivity contribution < 1.29 is 4.79 Å². The predicted molar refractivity (Wildman–Crippen MR) is 93.2 cm³/mol. The van der Waals surface area contributed by atoms with Gasteiger partial charge in [0.1, 0.15) is 10.7 Å². The Bertz CT molecular complexity index is 735. The van der Waals surface area contributed by atoms with E-state index in [1.54, 1.807) is 11.3 Å². The SMILES string of the molecule is O=C(c1csc(-c2ccccc2)n1)N1CCCC2CCCC=C21. The van der Waals surface area contributed by atoms with Crippen molar-refractivity contribution in [3.05, 3.63) is 53.2 Å². The number of allylic oxidation sites excluding steroid dienone is 2. The molecule has 2 heterocycles. The van der Waals surface area contributed by atoms with Gasteiger partial charge in [0.25, 0.3) is 5.91 Å². The summed E-state index contributed by atoms with van der Waals surface area (Å²) in [6.45, 7) is 0.833. The Labute approximate surface area is 140 Å². The number of benzene rings is 1. The molecule has 23 heavy (non-hydrogen) atoms. The molecule has 0 saturated carbocycles. The summed E-state index contributed by atoms with van der Waals surface area (Å²) >= 11 is 1.55. The number of hydrogen-bond acceptors (Lipinski definition) is 3. The molecule has 1 fully saturated rings. The number of piperidine rings is 1. The average Bonchev–Trinajstić information content (AvgIpc) is 3.11. The van der Waals surface area contributed by atoms with Crippen molar-refractivity contribution in [2.24, 2.45) is 5.92 Å². The molecular formula is C19H20N2OS. The van der Waals surface area contributed by atoms with Crippen LogP contribution < -0.4 is 0 Å². The summed E-state index contributed by atoms with van der Waals surface area (Å²) in [5.74, 6) is 0.648. The van der Waals surface area contributed by atoms with Crippen LogP contribution in [0.4, 0.5) is 0 Å². The van der Waals surface area contributed by atoms with E-state index in [1.165, 1.54) is 25.0 Å². The number of aromatic nitrogens is 1. The van der Waals surface area contributed by atoms with Gasteiger partial charge in [-0.25, -0.2) is 4.98 Å². The normalized spacial score (nSPS) is 20.8. The molecule has 0 radical (unpaired) electrons. The minimum atomic E-state index is 0.0706. The maximum absolute atomic E-state index is 12.9. The van der Waals surface area contributed by atoms with Gasteiger partial charge in [0.15, 0.2) is 0 Å². The van der Waals surface area contributed by atoms with E-state index in [1.807, 2.05) is 40.6 Å². The molecule has 2 aromatic rings. The molecule has 2 aliphatic rings. The van der Waals surface area contributed by atoms with Gasteiger partial charge in [-0.15, -0.1) is 11.3 Å². The van der Waals surface area contributed by atoms with Gasteiger partial charge in [0.05, 0.1) is 0 Å². The molecule has 4 rings (SSSR count). The molecule has 4 heteroatoms. The predicted octanol–water partition coefficient (Wildman–Crippen LogP) is 4.73. The zero-order valence-electron chi connectivity index (χ0n) is 13.1. The first-order chi connectivity index (χ1) is 11.3. The summed E-state index contributed by atoms with van der Waals surface area (Å²) in [5.41, 5.74) is 2.91. The summed E-state index contributed by atoms with van der Waals surface area (Å²) in [7, 11) is 0. The molecule has 1 atom stereocenters. The number of fused-ring (bicyclic) bond motifs is 1. The van der Waals surface area contributed by atoms with E-state index < -0.39 is 0 Å². The van der Waals surface area contributed by atoms with Gasteiger partial charge >= 0.3 is 0 Å². The molecular weight excluding hydrogens is 304 g/mol. The number of rotatable bonds is 2. The molecule has 118 valence electrons. The average molecular weight is 324 g/mol. The second-order valence-electron chi connectivity index (χ2n) is 6.26. The van der Waals surface area contributed by atoms with Crippen molar-refractivity contribution in [3.8, 4) is 10.6 Å². The number of amides is 1. The highest BCUT2D eigenvalue weighted by molar-refractivity contribution is 7.13. The van der Waals surface area contributed by atoms with Gasteiger partial charge in [0.2, 0.25) is 0 Å². The lowest BCUT2D eigenvalue weighted by Gasteiger charge is -2.37. The van der Waals surface area contributed by atoms with Crippen LogP contribution in [-0.2, 0) is 0 Å². The van der Waals surface area contributed by atoms with Crippen molar-refractivity contribution in [1.82, 2.24) is 9.88 Å². The highest BCUT2D eigenvalue weighted by Gasteiger charge is 2.31. The summed E-state index contributed by atoms with van der Waals surface area (Å²) < 4.78 is 0. The molecule has 3 nitrogen and oxygen atoms in total. The number of nitrogens with zero attached hydrogens (tertiary/aromatic N) is 2. The zero-order valence-corrected chi connectivity index (χ0v) is 13.9. The van der Waals surface area contributed by atoms with Crippen LogP contribution in [0.3, 0.4) is 0 Å². The summed E-state index contributed by atoms with van der Waals surface area (Å²) in [4.78, 5) is 19.5. The topological polar surface area (TPSA) is 33.2 Å². The van der Waals surface area contributed by atoms with Gasteiger partial charge < -0.3 is 4.90 Å². The Morgan fingerprint density at radius 2 is 2.00 bits per heavy atom. The largest absolute Gasteiger partial charge is 0.311 e. The van der Waals surface area contributed by atoms with Crippen LogP contribution in [0.5, 0.6) is 0 Å². The maximum atomic E-state index is 12.9. The maximum Gasteiger partial charge on any atom is 0.277 e. The standard InChI is InChI=1S/C19H20N2OS/c22-19(21-12-6-10-14-7-4-5-11-17(14)21)16-13-23-18(20-16)15-8-2-1-3-9-15/h1-3,8-9,11,13-14H,4-7,10,12H2. The number of carbonyl (C=O) groups excluding carboxylic acids is 1. The fourth-order valence-electron chi connectivity index (χ4n) is 3.62. The lowest BCUT2D eigenvalue weighted by atomic mass is 9.85. The lowest BCUT2D eigenvalue weighted by Crippen LogP contribution is -2.39. The van der Waals surface area contributed by atoms with Crippen LogP contribution >= 0.6 is 11.3 Å². The molecule has 0 bridgehead atoms. The van der Waals surface area contributed by atoms with E-state index in [0.29, 0.717) is 11.6 Å². The monoisotopic (exact) mass is 324 g/mol. The van der Waals surface area contributed by atoms with Gasteiger partial charge in [-0.2, -0.15) is 0 Å². The molecule has 1 aromatic carbocycles. The summed E-state index contributed by atoms with van der Waals surface area (Å²) in [6.07, 6.45) is 8.18. The second-order valence-corrected chi connectivity index (χ2v) is 7.12. The van der Waals surface area contributed by atoms with E-state index in [2.05, 4.69) is 11.1 Å². The van der Waals surface area contributed by atoms with E-state index in [0.717, 1.165) is 30.0 Å². The van der Waals surface area contributed by atoms with Crippen molar-refractivity contribution in [3.63, 3.8) is 0 Å². The van der Waals surface area contributed by atoms with Gasteiger partial charge in [0, 0.05) is 23.2 Å². The third kappa shape index (κ3) is 2.83. The molecule has 1 unspecified atom stereocenters. The van der Waals surface area contributed by atoms with Crippen LogP contribution in [-0.4, -0.2) is 22.3 Å². The number of likely N-dealkylation sites (tertiary alicyclic amines) is 1. The van der Waals surface area contributed by atoms with Crippen LogP contribution in [0.1, 0.15) is 42.6 Å². The molecule has 1 amide bonds. The van der Waals surface area contributed by atoms with Crippen LogP contribution in [0.2, 0.25) is 0 Å². The molecule has 1 saturated heterocycles. The van der Waals surface area contributed by atoms with E-state index in [9.17, 15) is 4.79 Å². The van der Waals surface area contributed by atoms with Crippen molar-refractivity contribution in [2.45, 2.75) is 32.1 Å². The minimum Gasteiger partial charge on any atom is -0.311 e. The van der Waals surface area contributed by atoms with Crippen LogP contribution in [0.15, 0.2) is 47.5 Å². The summed E-state index contributed by atoms with van der Waals surface area (Å²) in [6, 6.07) is 10.1. The Hall–Kier alpha value is -1.94. The van der Waals surface area contributed by atoms with E-state index in [4.69, 9.17) is 0 Å². The fourth-order valence-corrected chi connectivity index (χ4v) is 4.42. The Kier molecular flexibility index (Phi) is 4.00. The Morgan fingerprint density at radius 3 is 2.87 bits per heavy atom. The number of hydrogen-bond donors (Lipinski definition) is 0. The lowest BCUT2D eigenvalue weighted by molar-refractivity contribution is 0.0744. The quantitative estimate of drug-likeness (QED) is 0.800. The van der Waals surface area contributed by atoms with Crippen molar-refractivity contribution in [2.75, 3.05) is 6.54 Å². The smallest absolute Gasteiger partial charge is 0.277 e. The van der Waals surface area contributed by atoms with Crippen LogP contribution in [0.25, 0.3) is 10.6 Å². The first-order valence-corrected chi connectivity index (χ1v) is 9.24. The van der Waals surface area contributed by atoms with E-state index >= 15 is 0 Å². The van der Waals surface area contributed by atoms with Gasteiger partial charge in [-0.3, -0.25) is 4.79 Å². The number of thiazole rings is 1. The first kappa shape index (κ1) is 14.6. The van der Waals surface area contributed by atoms with Gasteiger partial charge in [-0.1, -0.05) is 36.4 Å². The Morgan fingerprint density at radius 1 is 1.17 bits per heavy atom. The number of carbonyl (C=O) groups is 1. The van der Waals surface area contributed by atoms with Crippen molar-refractivity contribution in [1.29, 1.82) is 0 Å². The van der Waals surface area contributed by atoms with Crippen molar-refractivity contribution >= 4 is 17.2 Å². The third-order valence-electron chi connectivity index (χ3n) is 4.76. The van der Waals surface area contributed by atoms with E-state index in [-0.39, 0.29) is 5.91 Å². The molecule has 1 aromatic heterocycles. The third-order valence-corrected chi connectivity index (χ3v) is 5.65. The fraction of sp³-hybridized carbons (Fsp3) is 0.368. The molecule has 0 spiro atoms. The minimum absolute atomic E-state index is 0.0706. The summed E-state index contributed by atoms with van der Waals surface area (Å²) in [5, 5.41) is 2.82.